The number of hydrogen-bond acceptors (Lipinski definition) is 4. The maximum Gasteiger partial charge on any atom is 0.231 e. The van der Waals surface area contributed by atoms with E-state index in [1.165, 1.54) is 17.5 Å². The summed E-state index contributed by atoms with van der Waals surface area (Å²) < 4.78 is 5.56. The molecule has 0 saturated heterocycles. The molecule has 1 saturated carbocycles. The maximum atomic E-state index is 6.17. The summed E-state index contributed by atoms with van der Waals surface area (Å²) in [5.41, 5.74) is 3.90. The van der Waals surface area contributed by atoms with Gasteiger partial charge in [0.15, 0.2) is 0 Å². The highest BCUT2D eigenvalue weighted by Gasteiger charge is 2.61. The fraction of sp³-hybridized carbons (Fsp3) is 0.278. The number of hydrogen-bond donors (Lipinski definition) is 0. The molecule has 3 aromatic rings. The molecule has 114 valence electrons. The van der Waals surface area contributed by atoms with Crippen LogP contribution in [0.15, 0.2) is 47.2 Å². The van der Waals surface area contributed by atoms with Crippen LogP contribution in [0.3, 0.4) is 0 Å². The lowest BCUT2D eigenvalue weighted by Gasteiger charge is -2.08. The van der Waals surface area contributed by atoms with Gasteiger partial charge in [-0.25, -0.2) is 0 Å². The average molecular weight is 324 g/mol. The van der Waals surface area contributed by atoms with Gasteiger partial charge in [-0.15, -0.1) is 0 Å². The second-order valence-electron chi connectivity index (χ2n) is 6.38. The third kappa shape index (κ3) is 1.88. The molecule has 2 aliphatic rings. The van der Waals surface area contributed by atoms with E-state index in [2.05, 4.69) is 39.4 Å². The van der Waals surface area contributed by atoms with E-state index in [1.54, 1.807) is 12.4 Å². The lowest BCUT2D eigenvalue weighted by Crippen LogP contribution is -2.04. The van der Waals surface area contributed by atoms with E-state index >= 15 is 0 Å². The van der Waals surface area contributed by atoms with Crippen molar-refractivity contribution in [3.8, 4) is 11.4 Å². The third-order valence-corrected chi connectivity index (χ3v) is 5.52. The van der Waals surface area contributed by atoms with Crippen LogP contribution in [-0.2, 0) is 11.8 Å². The zero-order valence-electron chi connectivity index (χ0n) is 12.4. The first-order valence-corrected chi connectivity index (χ1v) is 8.18. The topological polar surface area (TPSA) is 51.8 Å². The van der Waals surface area contributed by atoms with Crippen LogP contribution in [-0.4, -0.2) is 15.1 Å². The van der Waals surface area contributed by atoms with Crippen LogP contribution < -0.4 is 0 Å². The highest BCUT2D eigenvalue weighted by molar-refractivity contribution is 6.33. The van der Waals surface area contributed by atoms with Crippen molar-refractivity contribution in [1.82, 2.24) is 15.1 Å². The minimum atomic E-state index is 0.211. The van der Waals surface area contributed by atoms with E-state index in [0.29, 0.717) is 16.8 Å². The minimum Gasteiger partial charge on any atom is -0.339 e. The molecule has 5 heteroatoms. The van der Waals surface area contributed by atoms with Crippen molar-refractivity contribution in [3.63, 3.8) is 0 Å². The molecule has 2 heterocycles. The Balaban J connectivity index is 1.49. The monoisotopic (exact) mass is 323 g/mol. The molecule has 2 atom stereocenters. The Morgan fingerprint density at radius 3 is 3.04 bits per heavy atom. The van der Waals surface area contributed by atoms with Gasteiger partial charge in [-0.1, -0.05) is 41.0 Å². The van der Waals surface area contributed by atoms with E-state index in [1.807, 2.05) is 6.07 Å². The van der Waals surface area contributed by atoms with Crippen LogP contribution in [0.5, 0.6) is 0 Å². The zero-order chi connectivity index (χ0) is 15.4. The molecule has 4 nitrogen and oxygen atoms in total. The Hall–Kier alpha value is -2.20. The van der Waals surface area contributed by atoms with Crippen LogP contribution in [0.2, 0.25) is 5.02 Å². The van der Waals surface area contributed by atoms with Gasteiger partial charge < -0.3 is 4.52 Å². The molecule has 1 fully saturated rings. The number of rotatable bonds is 2. The Morgan fingerprint density at radius 2 is 2.13 bits per heavy atom. The highest BCUT2D eigenvalue weighted by Crippen LogP contribution is 2.66. The van der Waals surface area contributed by atoms with Crippen LogP contribution in [0.1, 0.15) is 35.8 Å². The first-order chi connectivity index (χ1) is 11.3. The van der Waals surface area contributed by atoms with Gasteiger partial charge in [0, 0.05) is 29.3 Å². The summed E-state index contributed by atoms with van der Waals surface area (Å²) in [5, 5.41) is 4.66. The van der Waals surface area contributed by atoms with Crippen molar-refractivity contribution < 1.29 is 4.52 Å². The van der Waals surface area contributed by atoms with Gasteiger partial charge >= 0.3 is 0 Å². The van der Waals surface area contributed by atoms with Crippen LogP contribution in [0.25, 0.3) is 11.4 Å². The molecule has 1 aromatic carbocycles. The van der Waals surface area contributed by atoms with E-state index in [4.69, 9.17) is 16.1 Å². The van der Waals surface area contributed by atoms with Gasteiger partial charge in [0.1, 0.15) is 0 Å². The quantitative estimate of drug-likeness (QED) is 0.710. The van der Waals surface area contributed by atoms with Gasteiger partial charge in [-0.3, -0.25) is 4.98 Å². The Morgan fingerprint density at radius 1 is 1.22 bits per heavy atom. The molecule has 0 aliphatic heterocycles. The lowest BCUT2D eigenvalue weighted by molar-refractivity contribution is 0.372. The summed E-state index contributed by atoms with van der Waals surface area (Å²) in [6, 6.07) is 10.5. The molecular formula is C18H14ClN3O. The number of aromatic nitrogens is 3. The number of nitrogens with zero attached hydrogens (tertiary/aromatic N) is 3. The summed E-state index contributed by atoms with van der Waals surface area (Å²) in [6.07, 6.45) is 6.69. The first-order valence-electron chi connectivity index (χ1n) is 7.80. The van der Waals surface area contributed by atoms with E-state index in [9.17, 15) is 0 Å². The highest BCUT2D eigenvalue weighted by atomic mass is 35.5. The zero-order valence-corrected chi connectivity index (χ0v) is 13.1. The lowest BCUT2D eigenvalue weighted by atomic mass is 9.95. The van der Waals surface area contributed by atoms with E-state index < -0.39 is 0 Å². The molecular weight excluding hydrogens is 310 g/mol. The average Bonchev–Trinajstić information content (AvgIpc) is 2.92. The van der Waals surface area contributed by atoms with E-state index in [-0.39, 0.29) is 5.41 Å². The number of aryl methyl sites for hydroxylation is 1. The number of fused-ring (bicyclic) bond motifs is 2. The standard InChI is InChI=1S/C18H14ClN3O/c19-15-10-20-8-6-12(15)16-21-17(23-22-16)14-9-18(14)7-5-11-3-1-2-4-13(11)18/h1-4,6,8,10,14H,5,7,9H2. The first kappa shape index (κ1) is 13.3. The van der Waals surface area contributed by atoms with E-state index in [0.717, 1.165) is 24.3 Å². The fourth-order valence-corrected chi connectivity index (χ4v) is 4.17. The Kier molecular flexibility index (Phi) is 2.68. The Labute approximate surface area is 138 Å². The molecule has 2 aromatic heterocycles. The second-order valence-corrected chi connectivity index (χ2v) is 6.79. The van der Waals surface area contributed by atoms with Crippen molar-refractivity contribution in [2.75, 3.05) is 0 Å². The molecule has 23 heavy (non-hydrogen) atoms. The van der Waals surface area contributed by atoms with Gasteiger partial charge in [-0.2, -0.15) is 4.98 Å². The number of halogens is 1. The summed E-state index contributed by atoms with van der Waals surface area (Å²) in [5.74, 6) is 1.60. The molecule has 1 spiro atoms. The van der Waals surface area contributed by atoms with Crippen molar-refractivity contribution >= 4 is 11.6 Å². The van der Waals surface area contributed by atoms with Crippen molar-refractivity contribution in [2.24, 2.45) is 0 Å². The molecule has 0 bridgehead atoms. The number of benzene rings is 1. The molecule has 2 aliphatic carbocycles. The summed E-state index contributed by atoms with van der Waals surface area (Å²) >= 11 is 6.17. The molecule has 5 rings (SSSR count). The molecule has 0 N–H and O–H groups in total. The minimum absolute atomic E-state index is 0.211. The van der Waals surface area contributed by atoms with Crippen molar-refractivity contribution in [3.05, 3.63) is 64.8 Å². The second kappa shape index (κ2) is 4.65. The predicted molar refractivity (Wildman–Crippen MR) is 86.3 cm³/mol. The summed E-state index contributed by atoms with van der Waals surface area (Å²) in [4.78, 5) is 8.59. The van der Waals surface area contributed by atoms with Crippen LogP contribution in [0, 0.1) is 0 Å². The summed E-state index contributed by atoms with van der Waals surface area (Å²) in [6.45, 7) is 0. The number of pyridine rings is 1. The van der Waals surface area contributed by atoms with Gasteiger partial charge in [0.25, 0.3) is 0 Å². The van der Waals surface area contributed by atoms with Crippen LogP contribution >= 0.6 is 11.6 Å². The van der Waals surface area contributed by atoms with Gasteiger partial charge in [0.05, 0.1) is 5.02 Å². The smallest absolute Gasteiger partial charge is 0.231 e. The van der Waals surface area contributed by atoms with Crippen molar-refractivity contribution in [1.29, 1.82) is 0 Å². The Bertz CT molecular complexity index is 907. The van der Waals surface area contributed by atoms with Crippen LogP contribution in [0.4, 0.5) is 0 Å². The maximum absolute atomic E-state index is 6.17. The van der Waals surface area contributed by atoms with Gasteiger partial charge in [-0.05, 0) is 36.5 Å². The molecule has 0 amide bonds. The third-order valence-electron chi connectivity index (χ3n) is 5.22. The molecule has 2 unspecified atom stereocenters. The SMILES string of the molecule is Clc1cnccc1-c1noc(C2CC23CCc2ccccc23)n1. The largest absolute Gasteiger partial charge is 0.339 e. The predicted octanol–water partition coefficient (Wildman–Crippen LogP) is 4.16. The molecule has 0 radical (unpaired) electrons. The normalized spacial score (nSPS) is 24.8. The summed E-state index contributed by atoms with van der Waals surface area (Å²) in [7, 11) is 0. The van der Waals surface area contributed by atoms with Gasteiger partial charge in [0.2, 0.25) is 11.7 Å². The van der Waals surface area contributed by atoms with Crippen molar-refractivity contribution in [2.45, 2.75) is 30.6 Å². The fourth-order valence-electron chi connectivity index (χ4n) is 3.96.